The Labute approximate surface area is 211 Å². The Bertz CT molecular complexity index is 1260. The van der Waals surface area contributed by atoms with Crippen LogP contribution in [0.2, 0.25) is 0 Å². The van der Waals surface area contributed by atoms with Crippen molar-refractivity contribution in [1.29, 1.82) is 0 Å². The molecular weight excluding hydrogens is 426 g/mol. The third-order valence-electron chi connectivity index (χ3n) is 5.26. The highest BCUT2D eigenvalue weighted by atomic mass is 15.5. The Kier molecular flexibility index (Phi) is 11.3. The van der Waals surface area contributed by atoms with Crippen molar-refractivity contribution in [2.45, 2.75) is 41.5 Å². The molecule has 5 rings (SSSR count). The van der Waals surface area contributed by atoms with Crippen LogP contribution in [-0.4, -0.2) is 10.8 Å². The molecule has 0 aliphatic heterocycles. The van der Waals surface area contributed by atoms with E-state index in [0.29, 0.717) is 0 Å². The Hall–Kier alpha value is -3.85. The third kappa shape index (κ3) is 6.39. The molecule has 5 aromatic rings. The maximum absolute atomic E-state index is 4.83. The molecule has 0 atom stereocenters. The molecule has 0 aliphatic carbocycles. The van der Waals surface area contributed by atoms with E-state index in [1.165, 1.54) is 21.8 Å². The van der Waals surface area contributed by atoms with Gasteiger partial charge in [0, 0.05) is 28.9 Å². The first-order chi connectivity index (χ1) is 17.3. The molecule has 0 bridgehead atoms. The third-order valence-corrected chi connectivity index (χ3v) is 5.26. The van der Waals surface area contributed by atoms with Crippen molar-refractivity contribution in [2.75, 3.05) is 5.01 Å². The summed E-state index contributed by atoms with van der Waals surface area (Å²) in [7, 11) is 2.12. The van der Waals surface area contributed by atoms with Gasteiger partial charge >= 0.3 is 0 Å². The molecule has 35 heavy (non-hydrogen) atoms. The van der Waals surface area contributed by atoms with E-state index in [0.717, 1.165) is 16.9 Å². The monoisotopic (exact) mass is 465 g/mol. The fraction of sp³-hybridized carbons (Fsp3) is 0.219. The number of hydrogen-bond donors (Lipinski definition) is 0. The van der Waals surface area contributed by atoms with Gasteiger partial charge in [-0.15, -0.1) is 0 Å². The van der Waals surface area contributed by atoms with E-state index in [1.807, 2.05) is 89.2 Å². The van der Waals surface area contributed by atoms with Gasteiger partial charge in [-0.2, -0.15) is 5.10 Å². The molecule has 3 heteroatoms. The van der Waals surface area contributed by atoms with Crippen molar-refractivity contribution in [3.05, 3.63) is 109 Å². The lowest BCUT2D eigenvalue weighted by Crippen LogP contribution is -2.09. The fourth-order valence-electron chi connectivity index (χ4n) is 3.81. The standard InChI is InChI=1S/C26H21N3.3C2H6/c1-28-25-15-9-8-14-23(25)24-18-20(16-17-26(24)28)19-27-29(21-10-4-2-5-11-21)22-12-6-3-7-13-22;3*1-2/h2-19H,1H3;3*1-2H3. The average Bonchev–Trinajstić information content (AvgIpc) is 3.25. The van der Waals surface area contributed by atoms with Gasteiger partial charge in [-0.3, -0.25) is 0 Å². The SMILES string of the molecule is CC.CC.CC.Cn1c2ccccc2c2cc(C=NN(c3ccccc3)c3ccccc3)ccc21. The number of hydrogen-bond acceptors (Lipinski definition) is 2. The summed E-state index contributed by atoms with van der Waals surface area (Å²) in [6.45, 7) is 12.0. The minimum Gasteiger partial charge on any atom is -0.344 e. The van der Waals surface area contributed by atoms with Crippen LogP contribution in [0, 0.1) is 0 Å². The number of anilines is 2. The van der Waals surface area contributed by atoms with Crippen molar-refractivity contribution in [3.63, 3.8) is 0 Å². The molecule has 1 aromatic heterocycles. The van der Waals surface area contributed by atoms with Crippen LogP contribution in [0.4, 0.5) is 11.4 Å². The minimum absolute atomic E-state index is 1.03. The molecule has 0 N–H and O–H groups in total. The Morgan fingerprint density at radius 1 is 0.571 bits per heavy atom. The summed E-state index contributed by atoms with van der Waals surface area (Å²) >= 11 is 0. The van der Waals surface area contributed by atoms with Gasteiger partial charge in [0.1, 0.15) is 0 Å². The van der Waals surface area contributed by atoms with Crippen molar-refractivity contribution < 1.29 is 0 Å². The molecule has 0 amide bonds. The molecular formula is C32H39N3. The summed E-state index contributed by atoms with van der Waals surface area (Å²) in [5, 5.41) is 9.31. The number of para-hydroxylation sites is 3. The van der Waals surface area contributed by atoms with Gasteiger partial charge in [-0.25, -0.2) is 5.01 Å². The molecule has 0 spiro atoms. The largest absolute Gasteiger partial charge is 0.344 e. The second-order valence-corrected chi connectivity index (χ2v) is 7.08. The first kappa shape index (κ1) is 27.4. The van der Waals surface area contributed by atoms with Crippen LogP contribution in [0.3, 0.4) is 0 Å². The van der Waals surface area contributed by atoms with E-state index in [-0.39, 0.29) is 0 Å². The summed E-state index contributed by atoms with van der Waals surface area (Å²) in [6.07, 6.45) is 1.93. The summed E-state index contributed by atoms with van der Waals surface area (Å²) in [4.78, 5) is 0. The highest BCUT2D eigenvalue weighted by molar-refractivity contribution is 6.09. The quantitative estimate of drug-likeness (QED) is 0.191. The summed E-state index contributed by atoms with van der Waals surface area (Å²) in [5.41, 5.74) is 5.60. The number of aromatic nitrogens is 1. The van der Waals surface area contributed by atoms with Crippen LogP contribution in [0.15, 0.2) is 108 Å². The van der Waals surface area contributed by atoms with Gasteiger partial charge in [0.15, 0.2) is 0 Å². The lowest BCUT2D eigenvalue weighted by molar-refractivity contribution is 1.01. The average molecular weight is 466 g/mol. The van der Waals surface area contributed by atoms with Crippen molar-refractivity contribution in [2.24, 2.45) is 12.1 Å². The van der Waals surface area contributed by atoms with Gasteiger partial charge in [0.05, 0.1) is 17.6 Å². The van der Waals surface area contributed by atoms with E-state index in [1.54, 1.807) is 0 Å². The van der Waals surface area contributed by atoms with Crippen LogP contribution >= 0.6 is 0 Å². The van der Waals surface area contributed by atoms with Gasteiger partial charge in [-0.1, -0.05) is 102 Å². The molecule has 3 nitrogen and oxygen atoms in total. The number of hydrazone groups is 1. The molecule has 0 radical (unpaired) electrons. The lowest BCUT2D eigenvalue weighted by atomic mass is 10.1. The van der Waals surface area contributed by atoms with Crippen molar-refractivity contribution in [1.82, 2.24) is 4.57 Å². The van der Waals surface area contributed by atoms with Crippen LogP contribution in [0.5, 0.6) is 0 Å². The highest BCUT2D eigenvalue weighted by Gasteiger charge is 2.09. The zero-order valence-corrected chi connectivity index (χ0v) is 22.2. The van der Waals surface area contributed by atoms with Crippen LogP contribution in [0.1, 0.15) is 47.1 Å². The normalized spacial score (nSPS) is 10.0. The van der Waals surface area contributed by atoms with E-state index >= 15 is 0 Å². The molecule has 4 aromatic carbocycles. The first-order valence-electron chi connectivity index (χ1n) is 12.7. The fourth-order valence-corrected chi connectivity index (χ4v) is 3.81. The molecule has 0 saturated carbocycles. The highest BCUT2D eigenvalue weighted by Crippen LogP contribution is 2.29. The Morgan fingerprint density at radius 2 is 1.06 bits per heavy atom. The number of rotatable bonds is 4. The van der Waals surface area contributed by atoms with E-state index in [9.17, 15) is 0 Å². The van der Waals surface area contributed by atoms with Crippen LogP contribution < -0.4 is 5.01 Å². The lowest BCUT2D eigenvalue weighted by Gasteiger charge is -2.19. The predicted molar refractivity (Wildman–Crippen MR) is 157 cm³/mol. The van der Waals surface area contributed by atoms with Gasteiger partial charge < -0.3 is 4.57 Å². The topological polar surface area (TPSA) is 20.5 Å². The number of fused-ring (bicyclic) bond motifs is 3. The van der Waals surface area contributed by atoms with Crippen LogP contribution in [0.25, 0.3) is 21.8 Å². The number of benzene rings is 4. The number of aryl methyl sites for hydroxylation is 1. The van der Waals surface area contributed by atoms with E-state index in [2.05, 4.69) is 78.3 Å². The Morgan fingerprint density at radius 3 is 1.63 bits per heavy atom. The van der Waals surface area contributed by atoms with E-state index < -0.39 is 0 Å². The smallest absolute Gasteiger partial charge is 0.0652 e. The molecule has 0 unspecified atom stereocenters. The zero-order valence-electron chi connectivity index (χ0n) is 22.2. The van der Waals surface area contributed by atoms with Crippen LogP contribution in [-0.2, 0) is 7.05 Å². The second-order valence-electron chi connectivity index (χ2n) is 7.08. The Balaban J connectivity index is 0.000000671. The van der Waals surface area contributed by atoms with Crippen molar-refractivity contribution in [3.8, 4) is 0 Å². The van der Waals surface area contributed by atoms with Gasteiger partial charge in [0.2, 0.25) is 0 Å². The maximum Gasteiger partial charge on any atom is 0.0652 e. The zero-order chi connectivity index (χ0) is 25.6. The maximum atomic E-state index is 4.83. The molecule has 182 valence electrons. The first-order valence-corrected chi connectivity index (χ1v) is 12.7. The molecule has 0 saturated heterocycles. The minimum atomic E-state index is 1.03. The summed E-state index contributed by atoms with van der Waals surface area (Å²) in [6, 6.07) is 35.5. The van der Waals surface area contributed by atoms with E-state index in [4.69, 9.17) is 5.10 Å². The second kappa shape index (κ2) is 14.4. The molecule has 1 heterocycles. The van der Waals surface area contributed by atoms with Crippen molar-refractivity contribution >= 4 is 39.4 Å². The molecule has 0 fully saturated rings. The molecule has 0 aliphatic rings. The van der Waals surface area contributed by atoms with Gasteiger partial charge in [-0.05, 0) is 48.0 Å². The predicted octanol–water partition coefficient (Wildman–Crippen LogP) is 9.58. The number of nitrogens with zero attached hydrogens (tertiary/aromatic N) is 3. The summed E-state index contributed by atoms with van der Waals surface area (Å²) < 4.78 is 2.24. The van der Waals surface area contributed by atoms with Gasteiger partial charge in [0.25, 0.3) is 0 Å². The summed E-state index contributed by atoms with van der Waals surface area (Å²) in [5.74, 6) is 0.